The lowest BCUT2D eigenvalue weighted by atomic mass is 10.2. The van der Waals surface area contributed by atoms with Crippen LogP contribution in [0, 0.1) is 12.7 Å². The number of aryl methyl sites for hydroxylation is 1. The van der Waals surface area contributed by atoms with Crippen LogP contribution in [-0.4, -0.2) is 19.5 Å². The van der Waals surface area contributed by atoms with E-state index in [9.17, 15) is 17.6 Å². The van der Waals surface area contributed by atoms with Gasteiger partial charge in [0.1, 0.15) is 17.1 Å². The predicted octanol–water partition coefficient (Wildman–Crippen LogP) is 1.02. The van der Waals surface area contributed by atoms with E-state index in [4.69, 9.17) is 9.66 Å². The number of nitrogens with two attached hydrogens (primary N) is 1. The maximum atomic E-state index is 13.3. The van der Waals surface area contributed by atoms with Gasteiger partial charge in [-0.1, -0.05) is 5.16 Å². The second-order valence-electron chi connectivity index (χ2n) is 3.97. The minimum Gasteiger partial charge on any atom is -0.361 e. The van der Waals surface area contributed by atoms with Crippen LogP contribution in [0.1, 0.15) is 16.1 Å². The monoisotopic (exact) mass is 299 g/mol. The van der Waals surface area contributed by atoms with Gasteiger partial charge in [-0.3, -0.25) is 4.79 Å². The molecule has 0 spiro atoms. The Hall–Kier alpha value is -2.26. The van der Waals surface area contributed by atoms with Crippen LogP contribution in [0.25, 0.3) is 0 Å². The van der Waals surface area contributed by atoms with E-state index in [1.165, 1.54) is 13.1 Å². The molecule has 0 radical (unpaired) electrons. The van der Waals surface area contributed by atoms with Gasteiger partial charge in [0.2, 0.25) is 10.0 Å². The number of rotatable bonds is 3. The van der Waals surface area contributed by atoms with Crippen molar-refractivity contribution in [2.24, 2.45) is 5.14 Å². The van der Waals surface area contributed by atoms with Crippen LogP contribution < -0.4 is 10.5 Å². The summed E-state index contributed by atoms with van der Waals surface area (Å²) in [5.74, 6) is -1.16. The molecule has 0 unspecified atom stereocenters. The number of carbonyl (C=O) groups excluding carboxylic acids is 1. The Kier molecular flexibility index (Phi) is 3.55. The van der Waals surface area contributed by atoms with Gasteiger partial charge in [0.05, 0.1) is 11.1 Å². The van der Waals surface area contributed by atoms with E-state index in [0.29, 0.717) is 0 Å². The van der Waals surface area contributed by atoms with Gasteiger partial charge in [-0.05, 0) is 25.1 Å². The van der Waals surface area contributed by atoms with Crippen molar-refractivity contribution in [3.05, 3.63) is 41.5 Å². The van der Waals surface area contributed by atoms with E-state index in [-0.39, 0.29) is 17.0 Å². The number of nitrogens with one attached hydrogen (secondary N) is 1. The average Bonchev–Trinajstić information content (AvgIpc) is 2.73. The number of primary sulfonamides is 1. The molecule has 0 aliphatic rings. The maximum Gasteiger partial charge on any atom is 0.260 e. The molecule has 2 rings (SSSR count). The van der Waals surface area contributed by atoms with Gasteiger partial charge < -0.3 is 9.84 Å². The molecule has 9 heteroatoms. The van der Waals surface area contributed by atoms with Gasteiger partial charge in [-0.15, -0.1) is 0 Å². The lowest BCUT2D eigenvalue weighted by Crippen LogP contribution is -2.15. The normalized spacial score (nSPS) is 11.3. The van der Waals surface area contributed by atoms with Gasteiger partial charge >= 0.3 is 0 Å². The number of nitrogens with zero attached hydrogens (tertiary/aromatic N) is 1. The second kappa shape index (κ2) is 5.02. The fourth-order valence-corrected chi connectivity index (χ4v) is 2.08. The number of aromatic nitrogens is 1. The van der Waals surface area contributed by atoms with Crippen LogP contribution in [0.3, 0.4) is 0 Å². The minimum atomic E-state index is -4.07. The summed E-state index contributed by atoms with van der Waals surface area (Å²) >= 11 is 0. The van der Waals surface area contributed by atoms with E-state index in [1.54, 1.807) is 0 Å². The van der Waals surface area contributed by atoms with E-state index in [1.807, 2.05) is 0 Å². The van der Waals surface area contributed by atoms with Crippen LogP contribution in [0.4, 0.5) is 10.1 Å². The van der Waals surface area contributed by atoms with E-state index >= 15 is 0 Å². The van der Waals surface area contributed by atoms with Crippen LogP contribution in [0.5, 0.6) is 0 Å². The number of benzene rings is 1. The van der Waals surface area contributed by atoms with E-state index in [0.717, 1.165) is 18.2 Å². The molecule has 1 aromatic carbocycles. The zero-order valence-corrected chi connectivity index (χ0v) is 11.1. The molecule has 0 aliphatic carbocycles. The van der Waals surface area contributed by atoms with Crippen molar-refractivity contribution in [3.63, 3.8) is 0 Å². The second-order valence-corrected chi connectivity index (χ2v) is 5.53. The summed E-state index contributed by atoms with van der Waals surface area (Å²) in [6.07, 6.45) is 1.20. The molecule has 0 aliphatic heterocycles. The quantitative estimate of drug-likeness (QED) is 0.878. The summed E-state index contributed by atoms with van der Waals surface area (Å²) in [6.45, 7) is 1.53. The molecule has 1 heterocycles. The van der Waals surface area contributed by atoms with Crippen molar-refractivity contribution in [3.8, 4) is 0 Å². The number of sulfonamides is 1. The minimum absolute atomic E-state index is 0.0420. The standard InChI is InChI=1S/C11H10FN3O4S/c1-6-10(5-14-19-6)11(16)15-8-2-7(12)3-9(4-8)20(13,17)18/h2-5H,1H3,(H,15,16)(H2,13,17,18). The van der Waals surface area contributed by atoms with Crippen LogP contribution in [0.15, 0.2) is 33.8 Å². The smallest absolute Gasteiger partial charge is 0.260 e. The molecule has 0 atom stereocenters. The largest absolute Gasteiger partial charge is 0.361 e. The van der Waals surface area contributed by atoms with Crippen LogP contribution >= 0.6 is 0 Å². The zero-order valence-electron chi connectivity index (χ0n) is 10.3. The molecule has 1 amide bonds. The van der Waals surface area contributed by atoms with Crippen molar-refractivity contribution in [1.29, 1.82) is 0 Å². The van der Waals surface area contributed by atoms with Gasteiger partial charge in [-0.2, -0.15) is 0 Å². The zero-order chi connectivity index (χ0) is 14.9. The molecule has 20 heavy (non-hydrogen) atoms. The van der Waals surface area contributed by atoms with Crippen LogP contribution in [0.2, 0.25) is 0 Å². The Balaban J connectivity index is 2.33. The van der Waals surface area contributed by atoms with Crippen LogP contribution in [-0.2, 0) is 10.0 Å². The summed E-state index contributed by atoms with van der Waals surface area (Å²) in [7, 11) is -4.07. The Morgan fingerprint density at radius 2 is 2.10 bits per heavy atom. The third kappa shape index (κ3) is 3.00. The first-order valence-corrected chi connectivity index (χ1v) is 6.88. The van der Waals surface area contributed by atoms with Crippen molar-refractivity contribution in [2.45, 2.75) is 11.8 Å². The molecule has 106 valence electrons. The summed E-state index contributed by atoms with van der Waals surface area (Å²) in [5, 5.41) is 10.7. The molecule has 0 fully saturated rings. The van der Waals surface area contributed by atoms with Gasteiger partial charge in [0, 0.05) is 5.69 Å². The summed E-state index contributed by atoms with van der Waals surface area (Å²) in [4.78, 5) is 11.4. The summed E-state index contributed by atoms with van der Waals surface area (Å²) in [6, 6.07) is 2.78. The van der Waals surface area contributed by atoms with Crippen molar-refractivity contribution >= 4 is 21.6 Å². The highest BCUT2D eigenvalue weighted by atomic mass is 32.2. The van der Waals surface area contributed by atoms with Gasteiger partial charge in [-0.25, -0.2) is 17.9 Å². The fraction of sp³-hybridized carbons (Fsp3) is 0.0909. The Morgan fingerprint density at radius 3 is 2.65 bits per heavy atom. The van der Waals surface area contributed by atoms with Crippen molar-refractivity contribution in [2.75, 3.05) is 5.32 Å². The first kappa shape index (κ1) is 14.2. The highest BCUT2D eigenvalue weighted by molar-refractivity contribution is 7.89. The average molecular weight is 299 g/mol. The molecule has 0 saturated heterocycles. The Morgan fingerprint density at radius 1 is 1.40 bits per heavy atom. The molecular weight excluding hydrogens is 289 g/mol. The fourth-order valence-electron chi connectivity index (χ4n) is 1.51. The van der Waals surface area contributed by atoms with E-state index < -0.39 is 26.6 Å². The number of hydrogen-bond donors (Lipinski definition) is 2. The third-order valence-corrected chi connectivity index (χ3v) is 3.35. The topological polar surface area (TPSA) is 115 Å². The van der Waals surface area contributed by atoms with E-state index in [2.05, 4.69) is 10.5 Å². The number of halogens is 1. The summed E-state index contributed by atoms with van der Waals surface area (Å²) in [5.41, 5.74) is 0.117. The highest BCUT2D eigenvalue weighted by Gasteiger charge is 2.16. The first-order valence-electron chi connectivity index (χ1n) is 5.33. The number of hydrogen-bond acceptors (Lipinski definition) is 5. The molecule has 2 aromatic rings. The lowest BCUT2D eigenvalue weighted by Gasteiger charge is -2.06. The Labute approximate surface area is 113 Å². The number of carbonyl (C=O) groups is 1. The molecular formula is C11H10FN3O4S. The molecule has 1 aromatic heterocycles. The SMILES string of the molecule is Cc1oncc1C(=O)Nc1cc(F)cc(S(N)(=O)=O)c1. The molecule has 3 N–H and O–H groups in total. The van der Waals surface area contributed by atoms with Gasteiger partial charge in [0.15, 0.2) is 0 Å². The number of anilines is 1. The van der Waals surface area contributed by atoms with Crippen molar-refractivity contribution < 1.29 is 22.1 Å². The third-order valence-electron chi connectivity index (χ3n) is 2.45. The molecule has 7 nitrogen and oxygen atoms in total. The maximum absolute atomic E-state index is 13.3. The van der Waals surface area contributed by atoms with Crippen molar-refractivity contribution in [1.82, 2.24) is 5.16 Å². The number of amides is 1. The summed E-state index contributed by atoms with van der Waals surface area (Å²) < 4.78 is 40.4. The molecule has 0 saturated carbocycles. The predicted molar refractivity (Wildman–Crippen MR) is 67.0 cm³/mol. The first-order chi connectivity index (χ1) is 9.27. The highest BCUT2D eigenvalue weighted by Crippen LogP contribution is 2.18. The molecule has 0 bridgehead atoms. The Bertz CT molecular complexity index is 770. The lowest BCUT2D eigenvalue weighted by molar-refractivity contribution is 0.102. The van der Waals surface area contributed by atoms with Gasteiger partial charge in [0.25, 0.3) is 5.91 Å².